The van der Waals surface area contributed by atoms with E-state index in [9.17, 15) is 0 Å². The molecule has 0 bridgehead atoms. The number of hydrogen-bond acceptors (Lipinski definition) is 3. The van der Waals surface area contributed by atoms with Crippen molar-refractivity contribution in [1.82, 2.24) is 15.2 Å². The van der Waals surface area contributed by atoms with Crippen LogP contribution in [0.25, 0.3) is 0 Å². The van der Waals surface area contributed by atoms with Crippen molar-refractivity contribution in [2.24, 2.45) is 0 Å². The predicted octanol–water partition coefficient (Wildman–Crippen LogP) is 2.45. The molecule has 1 aromatic heterocycles. The summed E-state index contributed by atoms with van der Waals surface area (Å²) in [6.45, 7) is 3.26. The van der Waals surface area contributed by atoms with Gasteiger partial charge in [-0.2, -0.15) is 0 Å². The number of nitrogens with one attached hydrogen (secondary N) is 1. The van der Waals surface area contributed by atoms with E-state index in [4.69, 9.17) is 0 Å². The van der Waals surface area contributed by atoms with Gasteiger partial charge in [-0.3, -0.25) is 4.90 Å². The third kappa shape index (κ3) is 4.54. The molecule has 3 nitrogen and oxygen atoms in total. The molecule has 0 radical (unpaired) electrons. The van der Waals surface area contributed by atoms with Gasteiger partial charge in [0, 0.05) is 25.3 Å². The maximum absolute atomic E-state index is 4.25. The molecule has 0 amide bonds. The molecule has 1 aliphatic heterocycles. The Balaban J connectivity index is 0.00000144. The van der Waals surface area contributed by atoms with Crippen LogP contribution >= 0.6 is 28.3 Å². The molecule has 17 heavy (non-hydrogen) atoms. The van der Waals surface area contributed by atoms with Gasteiger partial charge in [0.05, 0.1) is 0 Å². The fourth-order valence-corrected chi connectivity index (χ4v) is 2.36. The third-order valence-corrected chi connectivity index (χ3v) is 3.58. The number of piperidine rings is 1. The van der Waals surface area contributed by atoms with E-state index in [1.165, 1.54) is 24.9 Å². The smallest absolute Gasteiger partial charge is 0.106 e. The maximum atomic E-state index is 4.25. The second-order valence-corrected chi connectivity index (χ2v) is 5.22. The van der Waals surface area contributed by atoms with Crippen LogP contribution in [0.5, 0.6) is 0 Å². The van der Waals surface area contributed by atoms with Crippen molar-refractivity contribution in [1.29, 1.82) is 0 Å². The monoisotopic (exact) mass is 319 g/mol. The van der Waals surface area contributed by atoms with E-state index in [2.05, 4.69) is 44.2 Å². The topological polar surface area (TPSA) is 28.2 Å². The second kappa shape index (κ2) is 7.31. The van der Waals surface area contributed by atoms with Crippen molar-refractivity contribution in [3.05, 3.63) is 28.5 Å². The molecule has 1 saturated heterocycles. The van der Waals surface area contributed by atoms with Crippen LogP contribution in [0.3, 0.4) is 0 Å². The number of hydrogen-bond donors (Lipinski definition) is 1. The highest BCUT2D eigenvalue weighted by Gasteiger charge is 2.17. The lowest BCUT2D eigenvalue weighted by Crippen LogP contribution is -2.43. The van der Waals surface area contributed by atoms with Gasteiger partial charge in [-0.15, -0.1) is 12.4 Å². The fraction of sp³-hybridized carbons (Fsp3) is 0.583. The Kier molecular flexibility index (Phi) is 6.41. The molecular weight excluding hydrogens is 302 g/mol. The Morgan fingerprint density at radius 2 is 2.35 bits per heavy atom. The highest BCUT2D eigenvalue weighted by molar-refractivity contribution is 9.10. The SMILES string of the molecule is CN(Cc1ccc(Br)nc1)C1CCCNC1.Cl. The Bertz CT molecular complexity index is 325. The van der Waals surface area contributed by atoms with Crippen LogP contribution in [-0.4, -0.2) is 36.1 Å². The molecule has 0 spiro atoms. The Labute approximate surface area is 118 Å². The minimum Gasteiger partial charge on any atom is -0.315 e. The van der Waals surface area contributed by atoms with Crippen molar-refractivity contribution in [3.8, 4) is 0 Å². The van der Waals surface area contributed by atoms with Crippen molar-refractivity contribution in [2.45, 2.75) is 25.4 Å². The van der Waals surface area contributed by atoms with E-state index in [0.717, 1.165) is 17.7 Å². The number of aromatic nitrogens is 1. The highest BCUT2D eigenvalue weighted by Crippen LogP contribution is 2.13. The summed E-state index contributed by atoms with van der Waals surface area (Å²) in [5.74, 6) is 0. The number of halogens is 2. The highest BCUT2D eigenvalue weighted by atomic mass is 79.9. The molecule has 1 fully saturated rings. The van der Waals surface area contributed by atoms with E-state index in [-0.39, 0.29) is 12.4 Å². The Morgan fingerprint density at radius 1 is 1.53 bits per heavy atom. The maximum Gasteiger partial charge on any atom is 0.106 e. The van der Waals surface area contributed by atoms with Crippen molar-refractivity contribution >= 4 is 28.3 Å². The minimum absolute atomic E-state index is 0. The zero-order chi connectivity index (χ0) is 11.4. The van der Waals surface area contributed by atoms with Crippen LogP contribution in [0.15, 0.2) is 22.9 Å². The molecular formula is C12H19BrClN3. The molecule has 0 saturated carbocycles. The predicted molar refractivity (Wildman–Crippen MR) is 76.5 cm³/mol. The Hall–Kier alpha value is -0.160. The van der Waals surface area contributed by atoms with Crippen LogP contribution in [0.1, 0.15) is 18.4 Å². The quantitative estimate of drug-likeness (QED) is 0.867. The largest absolute Gasteiger partial charge is 0.315 e. The van der Waals surface area contributed by atoms with Gasteiger partial charge in [0.25, 0.3) is 0 Å². The number of likely N-dealkylation sites (N-methyl/N-ethyl adjacent to an activating group) is 1. The third-order valence-electron chi connectivity index (χ3n) is 3.11. The van der Waals surface area contributed by atoms with E-state index in [1.807, 2.05) is 12.3 Å². The molecule has 1 unspecified atom stereocenters. The number of rotatable bonds is 3. The molecule has 1 N–H and O–H groups in total. The first kappa shape index (κ1) is 14.9. The summed E-state index contributed by atoms with van der Waals surface area (Å²) in [6.07, 6.45) is 4.53. The molecule has 1 aromatic rings. The number of nitrogens with zero attached hydrogens (tertiary/aromatic N) is 2. The fourth-order valence-electron chi connectivity index (χ4n) is 2.13. The van der Waals surface area contributed by atoms with Gasteiger partial charge in [0.1, 0.15) is 4.60 Å². The van der Waals surface area contributed by atoms with Gasteiger partial charge in [-0.05, 0) is 54.0 Å². The normalized spacial score (nSPS) is 20.1. The van der Waals surface area contributed by atoms with Crippen molar-refractivity contribution in [2.75, 3.05) is 20.1 Å². The van der Waals surface area contributed by atoms with Crippen molar-refractivity contribution in [3.63, 3.8) is 0 Å². The van der Waals surface area contributed by atoms with E-state index in [0.29, 0.717) is 6.04 Å². The van der Waals surface area contributed by atoms with Gasteiger partial charge >= 0.3 is 0 Å². The first-order valence-electron chi connectivity index (χ1n) is 5.77. The van der Waals surface area contributed by atoms with Gasteiger partial charge in [-0.1, -0.05) is 6.07 Å². The molecule has 5 heteroatoms. The average molecular weight is 321 g/mol. The zero-order valence-electron chi connectivity index (χ0n) is 10.0. The molecule has 2 heterocycles. The summed E-state index contributed by atoms with van der Waals surface area (Å²) < 4.78 is 0.901. The van der Waals surface area contributed by atoms with Gasteiger partial charge < -0.3 is 5.32 Å². The Morgan fingerprint density at radius 3 is 2.94 bits per heavy atom. The van der Waals surface area contributed by atoms with Gasteiger partial charge in [-0.25, -0.2) is 4.98 Å². The summed E-state index contributed by atoms with van der Waals surface area (Å²) in [5.41, 5.74) is 1.27. The van der Waals surface area contributed by atoms with Crippen LogP contribution in [-0.2, 0) is 6.54 Å². The molecule has 1 atom stereocenters. The van der Waals surface area contributed by atoms with Crippen LogP contribution < -0.4 is 5.32 Å². The van der Waals surface area contributed by atoms with Crippen LogP contribution in [0.2, 0.25) is 0 Å². The van der Waals surface area contributed by atoms with Gasteiger partial charge in [0.15, 0.2) is 0 Å². The molecule has 1 aliphatic rings. The van der Waals surface area contributed by atoms with E-state index < -0.39 is 0 Å². The van der Waals surface area contributed by atoms with Gasteiger partial charge in [0.2, 0.25) is 0 Å². The standard InChI is InChI=1S/C12H18BrN3.ClH/c1-16(11-3-2-6-14-8-11)9-10-4-5-12(13)15-7-10;/h4-5,7,11,14H,2-3,6,8-9H2,1H3;1H. The van der Waals surface area contributed by atoms with Crippen LogP contribution in [0.4, 0.5) is 0 Å². The summed E-state index contributed by atoms with van der Waals surface area (Å²) in [5, 5.41) is 3.45. The van der Waals surface area contributed by atoms with E-state index >= 15 is 0 Å². The lowest BCUT2D eigenvalue weighted by molar-refractivity contribution is 0.195. The number of pyridine rings is 1. The molecule has 96 valence electrons. The summed E-state index contributed by atoms with van der Waals surface area (Å²) in [4.78, 5) is 6.67. The first-order valence-corrected chi connectivity index (χ1v) is 6.56. The first-order chi connectivity index (χ1) is 7.75. The minimum atomic E-state index is 0. The summed E-state index contributed by atoms with van der Waals surface area (Å²) in [7, 11) is 2.19. The zero-order valence-corrected chi connectivity index (χ0v) is 12.4. The molecule has 0 aliphatic carbocycles. The lowest BCUT2D eigenvalue weighted by atomic mass is 10.1. The summed E-state index contributed by atoms with van der Waals surface area (Å²) >= 11 is 3.35. The van der Waals surface area contributed by atoms with Crippen LogP contribution in [0, 0.1) is 0 Å². The lowest BCUT2D eigenvalue weighted by Gasteiger charge is -2.31. The summed E-state index contributed by atoms with van der Waals surface area (Å²) in [6, 6.07) is 4.80. The van der Waals surface area contributed by atoms with Crippen molar-refractivity contribution < 1.29 is 0 Å². The average Bonchev–Trinajstić information content (AvgIpc) is 2.33. The molecule has 2 rings (SSSR count). The molecule has 0 aromatic carbocycles. The second-order valence-electron chi connectivity index (χ2n) is 4.40. The van der Waals surface area contributed by atoms with E-state index in [1.54, 1.807) is 0 Å².